The topological polar surface area (TPSA) is 41.6 Å². The normalized spacial score (nSPS) is 28.2. The Hall–Kier alpha value is -0.610. The van der Waals surface area contributed by atoms with Crippen LogP contribution in [0.3, 0.4) is 0 Å². The molecule has 0 aromatic rings. The van der Waals surface area contributed by atoms with Crippen molar-refractivity contribution in [3.05, 3.63) is 0 Å². The summed E-state index contributed by atoms with van der Waals surface area (Å²) in [6, 6.07) is 0. The van der Waals surface area contributed by atoms with Crippen LogP contribution in [0.5, 0.6) is 0 Å². The van der Waals surface area contributed by atoms with Gasteiger partial charge in [-0.1, -0.05) is 13.3 Å². The molecule has 1 saturated carbocycles. The van der Waals surface area contributed by atoms with E-state index in [4.69, 9.17) is 4.74 Å². The quantitative estimate of drug-likeness (QED) is 0.763. The lowest BCUT2D eigenvalue weighted by atomic mass is 9.79. The van der Waals surface area contributed by atoms with Gasteiger partial charge in [0.25, 0.3) is 0 Å². The van der Waals surface area contributed by atoms with Crippen LogP contribution in [0.1, 0.15) is 39.0 Å². The monoisotopic (exact) mass is 226 g/mol. The maximum Gasteiger partial charge on any atom is 0.237 e. The SMILES string of the molecule is CCCC1NCC(=O)N1CC1(OC)CCC1. The molecule has 16 heavy (non-hydrogen) atoms. The highest BCUT2D eigenvalue weighted by atomic mass is 16.5. The third kappa shape index (κ3) is 2.09. The molecule has 4 nitrogen and oxygen atoms in total. The smallest absolute Gasteiger partial charge is 0.237 e. The molecule has 1 unspecified atom stereocenters. The summed E-state index contributed by atoms with van der Waals surface area (Å²) in [5.41, 5.74) is -0.0479. The van der Waals surface area contributed by atoms with Crippen LogP contribution in [0.2, 0.25) is 0 Å². The summed E-state index contributed by atoms with van der Waals surface area (Å²) in [5, 5.41) is 3.27. The van der Waals surface area contributed by atoms with Gasteiger partial charge in [-0.25, -0.2) is 0 Å². The van der Waals surface area contributed by atoms with E-state index in [0.717, 1.165) is 32.2 Å². The van der Waals surface area contributed by atoms with E-state index in [1.54, 1.807) is 7.11 Å². The van der Waals surface area contributed by atoms with Crippen LogP contribution in [-0.4, -0.2) is 42.8 Å². The number of hydrogen-bond acceptors (Lipinski definition) is 3. The Labute approximate surface area is 97.3 Å². The molecule has 0 radical (unpaired) electrons. The second kappa shape index (κ2) is 4.72. The van der Waals surface area contributed by atoms with Crippen LogP contribution < -0.4 is 5.32 Å². The highest BCUT2D eigenvalue weighted by molar-refractivity contribution is 5.80. The molecule has 1 saturated heterocycles. The summed E-state index contributed by atoms with van der Waals surface area (Å²) in [6.07, 6.45) is 5.76. The average Bonchev–Trinajstić information content (AvgIpc) is 2.55. The van der Waals surface area contributed by atoms with E-state index < -0.39 is 0 Å². The molecule has 1 heterocycles. The fourth-order valence-corrected chi connectivity index (χ4v) is 2.63. The van der Waals surface area contributed by atoms with Crippen molar-refractivity contribution in [3.63, 3.8) is 0 Å². The van der Waals surface area contributed by atoms with Gasteiger partial charge in [-0.05, 0) is 25.7 Å². The predicted octanol–water partition coefficient (Wildman–Crippen LogP) is 1.11. The zero-order valence-corrected chi connectivity index (χ0v) is 10.3. The summed E-state index contributed by atoms with van der Waals surface area (Å²) < 4.78 is 5.59. The number of nitrogens with one attached hydrogen (secondary N) is 1. The first-order chi connectivity index (χ1) is 7.71. The lowest BCUT2D eigenvalue weighted by Crippen LogP contribution is -2.52. The molecule has 1 aliphatic heterocycles. The summed E-state index contributed by atoms with van der Waals surface area (Å²) in [5.74, 6) is 0.224. The fraction of sp³-hybridized carbons (Fsp3) is 0.917. The molecule has 2 fully saturated rings. The molecular formula is C12H22N2O2. The van der Waals surface area contributed by atoms with E-state index in [-0.39, 0.29) is 17.7 Å². The molecule has 1 aliphatic carbocycles. The van der Waals surface area contributed by atoms with Crippen molar-refractivity contribution in [1.29, 1.82) is 0 Å². The van der Waals surface area contributed by atoms with E-state index in [1.165, 1.54) is 6.42 Å². The van der Waals surface area contributed by atoms with Gasteiger partial charge in [0.05, 0.1) is 24.9 Å². The lowest BCUT2D eigenvalue weighted by Gasteiger charge is -2.44. The van der Waals surface area contributed by atoms with Crippen molar-refractivity contribution in [1.82, 2.24) is 10.2 Å². The second-order valence-electron chi connectivity index (χ2n) is 4.95. The zero-order valence-electron chi connectivity index (χ0n) is 10.3. The molecule has 1 amide bonds. The number of carbonyl (C=O) groups is 1. The minimum Gasteiger partial charge on any atom is -0.376 e. The number of methoxy groups -OCH3 is 1. The van der Waals surface area contributed by atoms with Gasteiger partial charge in [0, 0.05) is 7.11 Å². The van der Waals surface area contributed by atoms with Crippen LogP contribution in [0, 0.1) is 0 Å². The summed E-state index contributed by atoms with van der Waals surface area (Å²) in [7, 11) is 1.77. The molecular weight excluding hydrogens is 204 g/mol. The van der Waals surface area contributed by atoms with Crippen molar-refractivity contribution in [2.75, 3.05) is 20.2 Å². The van der Waals surface area contributed by atoms with E-state index in [1.807, 2.05) is 4.90 Å². The molecule has 2 rings (SSSR count). The van der Waals surface area contributed by atoms with Gasteiger partial charge >= 0.3 is 0 Å². The first-order valence-corrected chi connectivity index (χ1v) is 6.29. The maximum atomic E-state index is 11.8. The van der Waals surface area contributed by atoms with Crippen LogP contribution >= 0.6 is 0 Å². The van der Waals surface area contributed by atoms with Gasteiger partial charge in [0.15, 0.2) is 0 Å². The highest BCUT2D eigenvalue weighted by Crippen LogP contribution is 2.36. The fourth-order valence-electron chi connectivity index (χ4n) is 2.63. The van der Waals surface area contributed by atoms with Crippen LogP contribution in [0.25, 0.3) is 0 Å². The Kier molecular flexibility index (Phi) is 3.50. The number of ether oxygens (including phenoxy) is 1. The van der Waals surface area contributed by atoms with Crippen LogP contribution in [0.4, 0.5) is 0 Å². The molecule has 0 aromatic heterocycles. The number of hydrogen-bond donors (Lipinski definition) is 1. The Morgan fingerprint density at radius 3 is 2.81 bits per heavy atom. The van der Waals surface area contributed by atoms with Crippen LogP contribution in [-0.2, 0) is 9.53 Å². The van der Waals surface area contributed by atoms with Crippen molar-refractivity contribution in [2.45, 2.75) is 50.8 Å². The van der Waals surface area contributed by atoms with Gasteiger partial charge in [-0.3, -0.25) is 10.1 Å². The molecule has 4 heteroatoms. The molecule has 1 N–H and O–H groups in total. The molecule has 0 spiro atoms. The molecule has 0 aromatic carbocycles. The minimum atomic E-state index is -0.0479. The zero-order chi connectivity index (χ0) is 11.6. The largest absolute Gasteiger partial charge is 0.376 e. The summed E-state index contributed by atoms with van der Waals surface area (Å²) in [4.78, 5) is 13.8. The third-order valence-corrected chi connectivity index (χ3v) is 3.90. The van der Waals surface area contributed by atoms with Crippen molar-refractivity contribution in [2.24, 2.45) is 0 Å². The Balaban J connectivity index is 1.97. The van der Waals surface area contributed by atoms with Gasteiger partial charge in [-0.15, -0.1) is 0 Å². The lowest BCUT2D eigenvalue weighted by molar-refractivity contribution is -0.138. The number of amides is 1. The Morgan fingerprint density at radius 2 is 2.31 bits per heavy atom. The second-order valence-corrected chi connectivity index (χ2v) is 4.95. The third-order valence-electron chi connectivity index (χ3n) is 3.90. The van der Waals surface area contributed by atoms with Gasteiger partial charge < -0.3 is 9.64 Å². The predicted molar refractivity (Wildman–Crippen MR) is 62.0 cm³/mol. The van der Waals surface area contributed by atoms with E-state index in [2.05, 4.69) is 12.2 Å². The number of nitrogens with zero attached hydrogens (tertiary/aromatic N) is 1. The first-order valence-electron chi connectivity index (χ1n) is 6.29. The van der Waals surface area contributed by atoms with E-state index >= 15 is 0 Å². The molecule has 0 bridgehead atoms. The molecule has 92 valence electrons. The minimum absolute atomic E-state index is 0.0479. The summed E-state index contributed by atoms with van der Waals surface area (Å²) >= 11 is 0. The van der Waals surface area contributed by atoms with E-state index in [0.29, 0.717) is 6.54 Å². The Bertz CT molecular complexity index is 258. The standard InChI is InChI=1S/C12H22N2O2/c1-3-5-10-13-8-11(15)14(10)9-12(16-2)6-4-7-12/h10,13H,3-9H2,1-2H3. The summed E-state index contributed by atoms with van der Waals surface area (Å²) in [6.45, 7) is 3.41. The average molecular weight is 226 g/mol. The van der Waals surface area contributed by atoms with Crippen LogP contribution in [0.15, 0.2) is 0 Å². The highest BCUT2D eigenvalue weighted by Gasteiger charge is 2.42. The molecule has 1 atom stereocenters. The molecule has 2 aliphatic rings. The van der Waals surface area contributed by atoms with Gasteiger partial charge in [0.1, 0.15) is 0 Å². The van der Waals surface area contributed by atoms with Gasteiger partial charge in [0.2, 0.25) is 5.91 Å². The maximum absolute atomic E-state index is 11.8. The van der Waals surface area contributed by atoms with Crippen molar-refractivity contribution < 1.29 is 9.53 Å². The number of carbonyl (C=O) groups excluding carboxylic acids is 1. The van der Waals surface area contributed by atoms with Crippen molar-refractivity contribution >= 4 is 5.91 Å². The van der Waals surface area contributed by atoms with Crippen molar-refractivity contribution in [3.8, 4) is 0 Å². The first kappa shape index (κ1) is 11.9. The van der Waals surface area contributed by atoms with E-state index in [9.17, 15) is 4.79 Å². The Morgan fingerprint density at radius 1 is 1.56 bits per heavy atom. The number of rotatable bonds is 5. The van der Waals surface area contributed by atoms with Gasteiger partial charge in [-0.2, -0.15) is 0 Å².